The van der Waals surface area contributed by atoms with Crippen molar-refractivity contribution in [3.8, 4) is 0 Å². The third kappa shape index (κ3) is 5.01. The van der Waals surface area contributed by atoms with Crippen molar-refractivity contribution in [2.75, 3.05) is 11.9 Å². The molecule has 2 N–H and O–H groups in total. The number of carbonyl (C=O) groups is 1. The van der Waals surface area contributed by atoms with E-state index < -0.39 is 0 Å². The molecule has 2 heterocycles. The zero-order valence-corrected chi connectivity index (χ0v) is 18.5. The molecule has 2 aromatic heterocycles. The number of hydrogen-bond donors (Lipinski definition) is 2. The Balaban J connectivity index is 1.55. The van der Waals surface area contributed by atoms with Gasteiger partial charge in [0.05, 0.1) is 28.0 Å². The van der Waals surface area contributed by atoms with Crippen molar-refractivity contribution in [2.45, 2.75) is 19.9 Å². The summed E-state index contributed by atoms with van der Waals surface area (Å²) in [6.07, 6.45) is 2.70. The molecule has 7 heteroatoms. The van der Waals surface area contributed by atoms with Crippen LogP contribution in [0.25, 0.3) is 10.9 Å². The lowest BCUT2D eigenvalue weighted by Gasteiger charge is -2.23. The number of hydrogen-bond acceptors (Lipinski definition) is 2. The normalized spacial score (nSPS) is 10.9. The SMILES string of the molecule is Cc1cccc(CN(CCc2c[nH]c3ccccc23)C(=O)Nc2cccc(Cl)c2Cl)n1. The van der Waals surface area contributed by atoms with Crippen molar-refractivity contribution >= 4 is 45.8 Å². The molecule has 4 rings (SSSR count). The number of benzene rings is 2. The van der Waals surface area contributed by atoms with Crippen molar-refractivity contribution in [3.05, 3.63) is 93.9 Å². The zero-order valence-electron chi connectivity index (χ0n) is 17.0. The monoisotopic (exact) mass is 452 g/mol. The van der Waals surface area contributed by atoms with Gasteiger partial charge in [-0.2, -0.15) is 0 Å². The number of para-hydroxylation sites is 1. The summed E-state index contributed by atoms with van der Waals surface area (Å²) in [5.74, 6) is 0. The first kappa shape index (κ1) is 21.2. The first-order valence-electron chi connectivity index (χ1n) is 9.99. The van der Waals surface area contributed by atoms with Gasteiger partial charge in [-0.25, -0.2) is 4.79 Å². The van der Waals surface area contributed by atoms with Gasteiger partial charge in [0.25, 0.3) is 0 Å². The topological polar surface area (TPSA) is 61.0 Å². The molecular formula is C24H22Cl2N4O. The Kier molecular flexibility index (Phi) is 6.44. The molecule has 0 saturated carbocycles. The van der Waals surface area contributed by atoms with Crippen molar-refractivity contribution < 1.29 is 4.79 Å². The molecule has 158 valence electrons. The smallest absolute Gasteiger partial charge is 0.322 e. The molecule has 0 radical (unpaired) electrons. The minimum absolute atomic E-state index is 0.257. The standard InChI is InChI=1S/C24H22Cl2N4O/c1-16-6-4-7-18(28-16)15-30(24(31)29-22-11-5-9-20(25)23(22)26)13-12-17-14-27-21-10-3-2-8-19(17)21/h2-11,14,27H,12-13,15H2,1H3,(H,29,31). The van der Waals surface area contributed by atoms with Crippen LogP contribution >= 0.6 is 23.2 Å². The highest BCUT2D eigenvalue weighted by molar-refractivity contribution is 6.43. The van der Waals surface area contributed by atoms with Crippen LogP contribution in [-0.4, -0.2) is 27.4 Å². The second-order valence-corrected chi connectivity index (χ2v) is 8.12. The van der Waals surface area contributed by atoms with Gasteiger partial charge in [0.15, 0.2) is 0 Å². The van der Waals surface area contributed by atoms with E-state index in [9.17, 15) is 4.79 Å². The molecule has 0 fully saturated rings. The molecular weight excluding hydrogens is 431 g/mol. The predicted molar refractivity (Wildman–Crippen MR) is 127 cm³/mol. The maximum absolute atomic E-state index is 13.2. The van der Waals surface area contributed by atoms with Crippen molar-refractivity contribution in [3.63, 3.8) is 0 Å². The molecule has 0 spiro atoms. The van der Waals surface area contributed by atoms with E-state index >= 15 is 0 Å². The molecule has 4 aromatic rings. The van der Waals surface area contributed by atoms with Crippen molar-refractivity contribution in [2.24, 2.45) is 0 Å². The number of nitrogens with zero attached hydrogens (tertiary/aromatic N) is 2. The van der Waals surface area contributed by atoms with E-state index in [-0.39, 0.29) is 6.03 Å². The van der Waals surface area contributed by atoms with E-state index in [1.54, 1.807) is 23.1 Å². The number of pyridine rings is 1. The second kappa shape index (κ2) is 9.41. The van der Waals surface area contributed by atoms with Crippen LogP contribution in [0.1, 0.15) is 17.0 Å². The number of urea groups is 1. The van der Waals surface area contributed by atoms with Crippen LogP contribution in [0.3, 0.4) is 0 Å². The molecule has 2 amide bonds. The number of fused-ring (bicyclic) bond motifs is 1. The average molecular weight is 453 g/mol. The number of anilines is 1. The van der Waals surface area contributed by atoms with Crippen LogP contribution in [0.15, 0.2) is 66.9 Å². The van der Waals surface area contributed by atoms with E-state index in [0.29, 0.717) is 35.2 Å². The van der Waals surface area contributed by atoms with E-state index in [2.05, 4.69) is 21.4 Å². The Morgan fingerprint density at radius 1 is 1.06 bits per heavy atom. The predicted octanol–water partition coefficient (Wildman–Crippen LogP) is 6.45. The molecule has 0 bridgehead atoms. The lowest BCUT2D eigenvalue weighted by atomic mass is 10.1. The average Bonchev–Trinajstić information content (AvgIpc) is 3.17. The maximum atomic E-state index is 13.2. The first-order chi connectivity index (χ1) is 15.0. The third-order valence-electron chi connectivity index (χ3n) is 5.11. The van der Waals surface area contributed by atoms with E-state index in [0.717, 1.165) is 27.9 Å². The molecule has 0 unspecified atom stereocenters. The van der Waals surface area contributed by atoms with Gasteiger partial charge in [-0.05, 0) is 49.2 Å². The summed E-state index contributed by atoms with van der Waals surface area (Å²) in [5.41, 5.74) is 4.46. The number of carbonyl (C=O) groups excluding carboxylic acids is 1. The summed E-state index contributed by atoms with van der Waals surface area (Å²) in [6, 6.07) is 18.9. The fraction of sp³-hybridized carbons (Fsp3) is 0.167. The fourth-order valence-electron chi connectivity index (χ4n) is 3.52. The van der Waals surface area contributed by atoms with E-state index in [4.69, 9.17) is 23.2 Å². The van der Waals surface area contributed by atoms with Crippen molar-refractivity contribution in [1.82, 2.24) is 14.9 Å². The van der Waals surface area contributed by atoms with Gasteiger partial charge in [-0.1, -0.05) is 53.5 Å². The second-order valence-electron chi connectivity index (χ2n) is 7.33. The Morgan fingerprint density at radius 2 is 1.87 bits per heavy atom. The Labute approximate surface area is 191 Å². The van der Waals surface area contributed by atoms with Gasteiger partial charge in [-0.3, -0.25) is 4.98 Å². The molecule has 2 aromatic carbocycles. The van der Waals surface area contributed by atoms with Gasteiger partial charge in [0, 0.05) is 29.3 Å². The Bertz CT molecular complexity index is 1220. The van der Waals surface area contributed by atoms with Gasteiger partial charge < -0.3 is 15.2 Å². The van der Waals surface area contributed by atoms with Gasteiger partial charge in [-0.15, -0.1) is 0 Å². The van der Waals surface area contributed by atoms with Crippen LogP contribution in [0.2, 0.25) is 10.0 Å². The summed E-state index contributed by atoms with van der Waals surface area (Å²) >= 11 is 12.4. The molecule has 5 nitrogen and oxygen atoms in total. The molecule has 0 aliphatic heterocycles. The summed E-state index contributed by atoms with van der Waals surface area (Å²) in [5, 5.41) is 4.77. The van der Waals surface area contributed by atoms with E-state index in [1.807, 2.05) is 49.5 Å². The highest BCUT2D eigenvalue weighted by Gasteiger charge is 2.18. The summed E-state index contributed by atoms with van der Waals surface area (Å²) in [4.78, 5) is 22.7. The van der Waals surface area contributed by atoms with Gasteiger partial charge in [0.1, 0.15) is 0 Å². The summed E-state index contributed by atoms with van der Waals surface area (Å²) < 4.78 is 0. The fourth-order valence-corrected chi connectivity index (χ4v) is 3.87. The van der Waals surface area contributed by atoms with Crippen LogP contribution in [-0.2, 0) is 13.0 Å². The number of rotatable bonds is 6. The molecule has 0 aliphatic carbocycles. The van der Waals surface area contributed by atoms with E-state index in [1.165, 1.54) is 0 Å². The molecule has 31 heavy (non-hydrogen) atoms. The number of halogens is 2. The highest BCUT2D eigenvalue weighted by Crippen LogP contribution is 2.30. The Hall–Kier alpha value is -3.02. The minimum Gasteiger partial charge on any atom is -0.361 e. The quantitative estimate of drug-likeness (QED) is 0.352. The maximum Gasteiger partial charge on any atom is 0.322 e. The third-order valence-corrected chi connectivity index (χ3v) is 5.92. The van der Waals surface area contributed by atoms with Crippen LogP contribution < -0.4 is 5.32 Å². The number of aromatic amines is 1. The number of nitrogens with one attached hydrogen (secondary N) is 2. The summed E-state index contributed by atoms with van der Waals surface area (Å²) in [6.45, 7) is 2.83. The summed E-state index contributed by atoms with van der Waals surface area (Å²) in [7, 11) is 0. The van der Waals surface area contributed by atoms with Crippen LogP contribution in [0.4, 0.5) is 10.5 Å². The number of aromatic nitrogens is 2. The largest absolute Gasteiger partial charge is 0.361 e. The van der Waals surface area contributed by atoms with Gasteiger partial charge in [0.2, 0.25) is 0 Å². The van der Waals surface area contributed by atoms with Gasteiger partial charge >= 0.3 is 6.03 Å². The first-order valence-corrected chi connectivity index (χ1v) is 10.7. The molecule has 0 saturated heterocycles. The van der Waals surface area contributed by atoms with Crippen LogP contribution in [0.5, 0.6) is 0 Å². The lowest BCUT2D eigenvalue weighted by molar-refractivity contribution is 0.209. The van der Waals surface area contributed by atoms with Crippen molar-refractivity contribution in [1.29, 1.82) is 0 Å². The van der Waals surface area contributed by atoms with Crippen LogP contribution in [0, 0.1) is 6.92 Å². The molecule has 0 aliphatic rings. The highest BCUT2D eigenvalue weighted by atomic mass is 35.5. The number of H-pyrrole nitrogens is 1. The number of aryl methyl sites for hydroxylation is 1. The lowest BCUT2D eigenvalue weighted by Crippen LogP contribution is -2.36. The molecule has 0 atom stereocenters. The number of amides is 2. The minimum atomic E-state index is -0.257. The zero-order chi connectivity index (χ0) is 21.8. The Morgan fingerprint density at radius 3 is 2.71 bits per heavy atom.